The minimum atomic E-state index is -4.51. The van der Waals surface area contributed by atoms with Gasteiger partial charge in [0.2, 0.25) is 0 Å². The van der Waals surface area contributed by atoms with Gasteiger partial charge < -0.3 is 5.73 Å². The maximum atomic E-state index is 12.0. The molecule has 0 heterocycles. The van der Waals surface area contributed by atoms with Crippen molar-refractivity contribution in [2.75, 3.05) is 11.5 Å². The molecule has 96 valence electrons. The van der Waals surface area contributed by atoms with E-state index in [0.717, 1.165) is 0 Å². The summed E-state index contributed by atoms with van der Waals surface area (Å²) in [5, 5.41) is 0. The second-order valence-electron chi connectivity index (χ2n) is 3.37. The van der Waals surface area contributed by atoms with Gasteiger partial charge in [0.05, 0.1) is 22.8 Å². The third-order valence-corrected chi connectivity index (χ3v) is 4.22. The van der Waals surface area contributed by atoms with Crippen LogP contribution in [0.3, 0.4) is 0 Å². The molecule has 2 N–H and O–H groups in total. The highest BCUT2D eigenvalue weighted by Gasteiger charge is 2.31. The number of nitrogens with two attached hydrogens (primary N) is 1. The predicted octanol–water partition coefficient (Wildman–Crippen LogP) is 2.76. The minimum absolute atomic E-state index is 0.0598. The lowest BCUT2D eigenvalue weighted by Crippen LogP contribution is -2.17. The number of anilines is 1. The van der Waals surface area contributed by atoms with Gasteiger partial charge in [0.25, 0.3) is 0 Å². The molecule has 8 heteroatoms. The van der Waals surface area contributed by atoms with Crippen molar-refractivity contribution in [1.82, 2.24) is 0 Å². The van der Waals surface area contributed by atoms with Gasteiger partial charge in [-0.2, -0.15) is 13.2 Å². The van der Waals surface area contributed by atoms with E-state index in [4.69, 9.17) is 5.73 Å². The smallest absolute Gasteiger partial charge is 0.390 e. The summed E-state index contributed by atoms with van der Waals surface area (Å²) in [5.41, 5.74) is 5.37. The maximum Gasteiger partial charge on any atom is 0.390 e. The number of rotatable bonds is 3. The average Bonchev–Trinajstić information content (AvgIpc) is 2.18. The fraction of sp³-hybridized carbons (Fsp3) is 0.333. The number of alkyl halides is 3. The van der Waals surface area contributed by atoms with Gasteiger partial charge in [0, 0.05) is 4.47 Å². The second kappa shape index (κ2) is 4.85. The lowest BCUT2D eigenvalue weighted by molar-refractivity contribution is -0.129. The molecule has 17 heavy (non-hydrogen) atoms. The molecule has 0 aliphatic rings. The van der Waals surface area contributed by atoms with Gasteiger partial charge in [-0.3, -0.25) is 0 Å². The highest BCUT2D eigenvalue weighted by molar-refractivity contribution is 9.10. The molecule has 1 aromatic rings. The standard InChI is InChI=1S/C9H9BrF3NO2S/c10-6-1-2-7(14)8(5-6)17(15,16)4-3-9(11,12)13/h1-2,5H,3-4,14H2. The third kappa shape index (κ3) is 4.19. The Morgan fingerprint density at radius 2 is 1.88 bits per heavy atom. The molecule has 0 aromatic heterocycles. The van der Waals surface area contributed by atoms with Gasteiger partial charge in [-0.15, -0.1) is 0 Å². The zero-order valence-corrected chi connectivity index (χ0v) is 10.9. The van der Waals surface area contributed by atoms with E-state index in [1.807, 2.05) is 0 Å². The molecule has 3 nitrogen and oxygen atoms in total. The monoisotopic (exact) mass is 331 g/mol. The number of hydrogen-bond acceptors (Lipinski definition) is 3. The van der Waals surface area contributed by atoms with Crippen LogP contribution >= 0.6 is 15.9 Å². The van der Waals surface area contributed by atoms with Crippen LogP contribution in [0.4, 0.5) is 18.9 Å². The Bertz CT molecular complexity index is 513. The van der Waals surface area contributed by atoms with Gasteiger partial charge in [-0.05, 0) is 18.2 Å². The average molecular weight is 332 g/mol. The molecular formula is C9H9BrF3NO2S. The first kappa shape index (κ1) is 14.3. The van der Waals surface area contributed by atoms with Crippen molar-refractivity contribution in [2.45, 2.75) is 17.5 Å². The largest absolute Gasteiger partial charge is 0.398 e. The highest BCUT2D eigenvalue weighted by atomic mass is 79.9. The Morgan fingerprint density at radius 1 is 1.29 bits per heavy atom. The van der Waals surface area contributed by atoms with E-state index >= 15 is 0 Å². The van der Waals surface area contributed by atoms with Crippen molar-refractivity contribution in [2.24, 2.45) is 0 Å². The molecule has 0 saturated carbocycles. The molecule has 0 fully saturated rings. The zero-order valence-electron chi connectivity index (χ0n) is 8.46. The summed E-state index contributed by atoms with van der Waals surface area (Å²) in [5.74, 6) is -1.00. The molecule has 0 spiro atoms. The molecule has 0 amide bonds. The highest BCUT2D eigenvalue weighted by Crippen LogP contribution is 2.27. The third-order valence-electron chi connectivity index (χ3n) is 1.96. The van der Waals surface area contributed by atoms with Crippen LogP contribution in [0.25, 0.3) is 0 Å². The lowest BCUT2D eigenvalue weighted by Gasteiger charge is -2.09. The summed E-state index contributed by atoms with van der Waals surface area (Å²) in [6, 6.07) is 4.03. The molecule has 0 bridgehead atoms. The number of hydrogen-bond donors (Lipinski definition) is 1. The summed E-state index contributed by atoms with van der Waals surface area (Å²) in [6.07, 6.45) is -5.89. The van der Waals surface area contributed by atoms with Crippen LogP contribution in [-0.4, -0.2) is 20.3 Å². The molecule has 0 unspecified atom stereocenters. The Hall–Kier alpha value is -0.760. The van der Waals surface area contributed by atoms with Crippen LogP contribution in [0.15, 0.2) is 27.6 Å². The summed E-state index contributed by atoms with van der Waals surface area (Å²) in [6.45, 7) is 0. The van der Waals surface area contributed by atoms with Crippen molar-refractivity contribution in [3.8, 4) is 0 Å². The number of benzene rings is 1. The number of nitrogen functional groups attached to an aromatic ring is 1. The fourth-order valence-corrected chi connectivity index (χ4v) is 3.10. The van der Waals surface area contributed by atoms with E-state index in [2.05, 4.69) is 15.9 Å². The molecule has 0 aliphatic carbocycles. The Morgan fingerprint density at radius 3 is 2.41 bits per heavy atom. The number of sulfone groups is 1. The van der Waals surface area contributed by atoms with Crippen LogP contribution in [0, 0.1) is 0 Å². The lowest BCUT2D eigenvalue weighted by atomic mass is 10.3. The molecule has 0 atom stereocenters. The molecular weight excluding hydrogens is 323 g/mol. The van der Waals surface area contributed by atoms with Crippen LogP contribution in [0.5, 0.6) is 0 Å². The van der Waals surface area contributed by atoms with E-state index in [0.29, 0.717) is 4.47 Å². The van der Waals surface area contributed by atoms with E-state index in [-0.39, 0.29) is 10.6 Å². The van der Waals surface area contributed by atoms with Crippen LogP contribution in [-0.2, 0) is 9.84 Å². The van der Waals surface area contributed by atoms with Crippen LogP contribution in [0.1, 0.15) is 6.42 Å². The predicted molar refractivity (Wildman–Crippen MR) is 61.3 cm³/mol. The Kier molecular flexibility index (Phi) is 4.08. The first-order valence-corrected chi connectivity index (χ1v) is 6.91. The van der Waals surface area contributed by atoms with E-state index in [1.165, 1.54) is 18.2 Å². The van der Waals surface area contributed by atoms with Gasteiger partial charge in [0.1, 0.15) is 0 Å². The minimum Gasteiger partial charge on any atom is -0.398 e. The second-order valence-corrected chi connectivity index (χ2v) is 6.36. The fourth-order valence-electron chi connectivity index (χ4n) is 1.14. The van der Waals surface area contributed by atoms with Crippen LogP contribution < -0.4 is 5.73 Å². The summed E-state index contributed by atoms with van der Waals surface area (Å²) in [7, 11) is -4.02. The molecule has 0 radical (unpaired) electrons. The van der Waals surface area contributed by atoms with Gasteiger partial charge in [0.15, 0.2) is 9.84 Å². The Balaban J connectivity index is 3.02. The molecule has 0 saturated heterocycles. The quantitative estimate of drug-likeness (QED) is 0.866. The molecule has 1 rings (SSSR count). The number of halogens is 4. The maximum absolute atomic E-state index is 12.0. The first-order chi connectivity index (χ1) is 7.62. The zero-order chi connectivity index (χ0) is 13.3. The van der Waals surface area contributed by atoms with Crippen LogP contribution in [0.2, 0.25) is 0 Å². The van der Waals surface area contributed by atoms with E-state index < -0.39 is 28.2 Å². The topological polar surface area (TPSA) is 60.2 Å². The van der Waals surface area contributed by atoms with E-state index in [1.54, 1.807) is 0 Å². The molecule has 1 aromatic carbocycles. The van der Waals surface area contributed by atoms with E-state index in [9.17, 15) is 21.6 Å². The van der Waals surface area contributed by atoms with Crippen molar-refractivity contribution in [1.29, 1.82) is 0 Å². The summed E-state index contributed by atoms with van der Waals surface area (Å²) in [4.78, 5) is -0.281. The van der Waals surface area contributed by atoms with Gasteiger partial charge in [-0.25, -0.2) is 8.42 Å². The Labute approximate surface area is 105 Å². The van der Waals surface area contributed by atoms with Crippen molar-refractivity contribution in [3.05, 3.63) is 22.7 Å². The SMILES string of the molecule is Nc1ccc(Br)cc1S(=O)(=O)CCC(F)(F)F. The normalized spacial score (nSPS) is 12.7. The van der Waals surface area contributed by atoms with Crippen molar-refractivity contribution >= 4 is 31.5 Å². The van der Waals surface area contributed by atoms with Gasteiger partial charge in [-0.1, -0.05) is 15.9 Å². The first-order valence-electron chi connectivity index (χ1n) is 4.46. The molecule has 0 aliphatic heterocycles. The summed E-state index contributed by atoms with van der Waals surface area (Å²) < 4.78 is 59.7. The van der Waals surface area contributed by atoms with Gasteiger partial charge >= 0.3 is 6.18 Å². The van der Waals surface area contributed by atoms with Crippen molar-refractivity contribution in [3.63, 3.8) is 0 Å². The summed E-state index contributed by atoms with van der Waals surface area (Å²) >= 11 is 3.04. The van der Waals surface area contributed by atoms with Crippen molar-refractivity contribution < 1.29 is 21.6 Å².